The normalized spacial score (nSPS) is 30.8. The van der Waals surface area contributed by atoms with Gasteiger partial charge in [-0.1, -0.05) is 13.0 Å². The van der Waals surface area contributed by atoms with Gasteiger partial charge >= 0.3 is 0 Å². The van der Waals surface area contributed by atoms with Crippen LogP contribution in [-0.4, -0.2) is 43.9 Å². The largest absolute Gasteiger partial charge is 0.493 e. The summed E-state index contributed by atoms with van der Waals surface area (Å²) in [6, 6.07) is 6.21. The summed E-state index contributed by atoms with van der Waals surface area (Å²) in [6.45, 7) is 3.14. The second kappa shape index (κ2) is 5.51. The van der Waals surface area contributed by atoms with E-state index in [9.17, 15) is 5.11 Å². The number of likely N-dealkylation sites (tertiary alicyclic amines) is 1. The molecule has 2 aliphatic rings. The molecule has 0 saturated carbocycles. The fourth-order valence-corrected chi connectivity index (χ4v) is 4.01. The second-order valence-corrected chi connectivity index (χ2v) is 6.55. The van der Waals surface area contributed by atoms with E-state index >= 15 is 0 Å². The summed E-state index contributed by atoms with van der Waals surface area (Å²) in [7, 11) is 5.44. The first-order valence-corrected chi connectivity index (χ1v) is 7.86. The highest BCUT2D eigenvalue weighted by Gasteiger charge is 2.47. The number of allylic oxidation sites excluding steroid dienone is 1. The average molecular weight is 303 g/mol. The predicted molar refractivity (Wildman–Crippen MR) is 86.3 cm³/mol. The lowest BCUT2D eigenvalue weighted by Crippen LogP contribution is -2.38. The van der Waals surface area contributed by atoms with Crippen molar-refractivity contribution in [3.8, 4) is 11.5 Å². The van der Waals surface area contributed by atoms with E-state index in [2.05, 4.69) is 31.0 Å². The van der Waals surface area contributed by atoms with Crippen LogP contribution in [0.3, 0.4) is 0 Å². The summed E-state index contributed by atoms with van der Waals surface area (Å²) in [4.78, 5) is 2.27. The van der Waals surface area contributed by atoms with E-state index in [-0.39, 0.29) is 17.4 Å². The van der Waals surface area contributed by atoms with Crippen molar-refractivity contribution in [2.24, 2.45) is 5.92 Å². The Morgan fingerprint density at radius 1 is 1.23 bits per heavy atom. The van der Waals surface area contributed by atoms with Crippen LogP contribution in [0.2, 0.25) is 0 Å². The zero-order chi connectivity index (χ0) is 15.9. The number of ether oxygens (including phenoxy) is 2. The van der Waals surface area contributed by atoms with Gasteiger partial charge in [0.25, 0.3) is 0 Å². The molecule has 1 aromatic carbocycles. The Morgan fingerprint density at radius 2 is 1.95 bits per heavy atom. The van der Waals surface area contributed by atoms with Gasteiger partial charge in [-0.2, -0.15) is 0 Å². The summed E-state index contributed by atoms with van der Waals surface area (Å²) in [5.74, 6) is 1.77. The fourth-order valence-electron chi connectivity index (χ4n) is 4.01. The van der Waals surface area contributed by atoms with Crippen LogP contribution in [0.4, 0.5) is 0 Å². The van der Waals surface area contributed by atoms with E-state index in [1.54, 1.807) is 14.2 Å². The van der Waals surface area contributed by atoms with Crippen LogP contribution in [-0.2, 0) is 5.41 Å². The zero-order valence-corrected chi connectivity index (χ0v) is 13.8. The summed E-state index contributed by atoms with van der Waals surface area (Å²) in [5.41, 5.74) is 2.47. The van der Waals surface area contributed by atoms with Gasteiger partial charge in [0.15, 0.2) is 11.5 Å². The molecule has 1 saturated heterocycles. The SMILES string of the molecule is COc1ccc([C@]23CCN(C)C2=C[C@@H](O)[C@H](C)C3)cc1OC. The van der Waals surface area contributed by atoms with Gasteiger partial charge in [0.2, 0.25) is 0 Å². The molecule has 22 heavy (non-hydrogen) atoms. The van der Waals surface area contributed by atoms with Crippen LogP contribution in [0, 0.1) is 5.92 Å². The van der Waals surface area contributed by atoms with Gasteiger partial charge < -0.3 is 19.5 Å². The monoisotopic (exact) mass is 303 g/mol. The first-order chi connectivity index (χ1) is 10.5. The van der Waals surface area contributed by atoms with Crippen molar-refractivity contribution >= 4 is 0 Å². The first kappa shape index (κ1) is 15.2. The number of rotatable bonds is 3. The fraction of sp³-hybridized carbons (Fsp3) is 0.556. The van der Waals surface area contributed by atoms with Gasteiger partial charge in [-0.25, -0.2) is 0 Å². The van der Waals surface area contributed by atoms with Gasteiger partial charge in [-0.3, -0.25) is 0 Å². The number of nitrogens with zero attached hydrogens (tertiary/aromatic N) is 1. The highest BCUT2D eigenvalue weighted by Crippen LogP contribution is 2.51. The lowest BCUT2D eigenvalue weighted by atomic mass is 9.67. The number of aliphatic hydroxyl groups is 1. The van der Waals surface area contributed by atoms with Crippen LogP contribution in [0.15, 0.2) is 30.0 Å². The van der Waals surface area contributed by atoms with Gasteiger partial charge in [0, 0.05) is 24.7 Å². The number of hydrogen-bond donors (Lipinski definition) is 1. The predicted octanol–water partition coefficient (Wildman–Crippen LogP) is 2.56. The smallest absolute Gasteiger partial charge is 0.161 e. The van der Waals surface area contributed by atoms with E-state index in [1.807, 2.05) is 12.1 Å². The Hall–Kier alpha value is -1.68. The summed E-state index contributed by atoms with van der Waals surface area (Å²) < 4.78 is 10.8. The Kier molecular flexibility index (Phi) is 3.81. The third-order valence-electron chi connectivity index (χ3n) is 5.29. The Bertz CT molecular complexity index is 598. The molecule has 1 N–H and O–H groups in total. The molecular formula is C18H25NO3. The molecule has 120 valence electrons. The lowest BCUT2D eigenvalue weighted by Gasteiger charge is -2.40. The van der Waals surface area contributed by atoms with Crippen LogP contribution < -0.4 is 9.47 Å². The molecule has 1 fully saturated rings. The topological polar surface area (TPSA) is 41.9 Å². The maximum Gasteiger partial charge on any atom is 0.161 e. The Balaban J connectivity index is 2.10. The van der Waals surface area contributed by atoms with Crippen LogP contribution >= 0.6 is 0 Å². The van der Waals surface area contributed by atoms with Crippen molar-refractivity contribution in [1.29, 1.82) is 0 Å². The molecule has 4 nitrogen and oxygen atoms in total. The average Bonchev–Trinajstić information content (AvgIpc) is 2.85. The van der Waals surface area contributed by atoms with Gasteiger partial charge in [-0.05, 0) is 42.5 Å². The van der Waals surface area contributed by atoms with Gasteiger partial charge in [-0.15, -0.1) is 0 Å². The minimum absolute atomic E-state index is 0.0209. The third-order valence-corrected chi connectivity index (χ3v) is 5.29. The molecule has 1 heterocycles. The van der Waals surface area contributed by atoms with E-state index < -0.39 is 0 Å². The third kappa shape index (κ3) is 2.17. The maximum absolute atomic E-state index is 10.2. The van der Waals surface area contributed by atoms with E-state index in [1.165, 1.54) is 11.3 Å². The quantitative estimate of drug-likeness (QED) is 0.932. The minimum Gasteiger partial charge on any atom is -0.493 e. The highest BCUT2D eigenvalue weighted by atomic mass is 16.5. The van der Waals surface area contributed by atoms with Gasteiger partial charge in [0.1, 0.15) is 0 Å². The van der Waals surface area contributed by atoms with Crippen molar-refractivity contribution in [3.05, 3.63) is 35.5 Å². The van der Waals surface area contributed by atoms with Crippen molar-refractivity contribution in [2.45, 2.75) is 31.3 Å². The van der Waals surface area contributed by atoms with Crippen molar-refractivity contribution in [2.75, 3.05) is 27.8 Å². The number of methoxy groups -OCH3 is 2. The van der Waals surface area contributed by atoms with Crippen LogP contribution in [0.25, 0.3) is 0 Å². The Labute approximate surface area is 132 Å². The highest BCUT2D eigenvalue weighted by molar-refractivity contribution is 5.49. The minimum atomic E-state index is -0.358. The molecule has 0 bridgehead atoms. The number of hydrogen-bond acceptors (Lipinski definition) is 4. The number of fused-ring (bicyclic) bond motifs is 1. The molecule has 1 aliphatic carbocycles. The number of benzene rings is 1. The maximum atomic E-state index is 10.2. The standard InChI is InChI=1S/C18H25NO3/c1-12-11-18(7-8-19(2)17(18)10-14(12)20)13-5-6-15(21-3)16(9-13)22-4/h5-6,9-10,12,14,20H,7-8,11H2,1-4H3/t12-,14-,18-/m1/s1. The molecule has 0 spiro atoms. The second-order valence-electron chi connectivity index (χ2n) is 6.55. The molecule has 3 atom stereocenters. The van der Waals surface area contributed by atoms with E-state index in [0.717, 1.165) is 30.9 Å². The summed E-state index contributed by atoms with van der Waals surface area (Å²) in [6.07, 6.45) is 3.71. The molecule has 0 radical (unpaired) electrons. The summed E-state index contributed by atoms with van der Waals surface area (Å²) >= 11 is 0. The molecule has 1 aliphatic heterocycles. The first-order valence-electron chi connectivity index (χ1n) is 7.86. The van der Waals surface area contributed by atoms with Crippen molar-refractivity contribution in [1.82, 2.24) is 4.90 Å². The van der Waals surface area contributed by atoms with Crippen LogP contribution in [0.1, 0.15) is 25.3 Å². The molecular weight excluding hydrogens is 278 g/mol. The van der Waals surface area contributed by atoms with Crippen molar-refractivity contribution < 1.29 is 14.6 Å². The molecule has 3 rings (SSSR count). The molecule has 0 amide bonds. The number of likely N-dealkylation sites (N-methyl/N-ethyl adjacent to an activating group) is 1. The molecule has 1 aromatic rings. The van der Waals surface area contributed by atoms with E-state index in [4.69, 9.17) is 9.47 Å². The summed E-state index contributed by atoms with van der Waals surface area (Å²) in [5, 5.41) is 10.2. The number of aliphatic hydroxyl groups excluding tert-OH is 1. The lowest BCUT2D eigenvalue weighted by molar-refractivity contribution is 0.125. The molecule has 0 unspecified atom stereocenters. The van der Waals surface area contributed by atoms with Gasteiger partial charge in [0.05, 0.1) is 20.3 Å². The molecule has 4 heteroatoms. The zero-order valence-electron chi connectivity index (χ0n) is 13.8. The van der Waals surface area contributed by atoms with Crippen molar-refractivity contribution in [3.63, 3.8) is 0 Å². The molecule has 0 aromatic heterocycles. The Morgan fingerprint density at radius 3 is 2.64 bits per heavy atom. The van der Waals surface area contributed by atoms with Crippen LogP contribution in [0.5, 0.6) is 11.5 Å². The van der Waals surface area contributed by atoms with E-state index in [0.29, 0.717) is 0 Å².